The second kappa shape index (κ2) is 5.15. The molecular weight excluding hydrogens is 386 g/mol. The van der Waals surface area contributed by atoms with Gasteiger partial charge in [0, 0.05) is 15.6 Å². The highest BCUT2D eigenvalue weighted by Crippen LogP contribution is 2.30. The zero-order valence-electron chi connectivity index (χ0n) is 9.75. The number of benzene rings is 2. The van der Waals surface area contributed by atoms with Crippen molar-refractivity contribution >= 4 is 62.4 Å². The fraction of sp³-hybridized carbons (Fsp3) is 0. The van der Waals surface area contributed by atoms with Gasteiger partial charge in [0.15, 0.2) is 4.77 Å². The van der Waals surface area contributed by atoms with Crippen LogP contribution >= 0.6 is 51.3 Å². The molecule has 0 radical (unpaired) electrons. The first kappa shape index (κ1) is 14.1. The number of rotatable bonds is 1. The largest absolute Gasteiger partial charge is 0.330 e. The van der Waals surface area contributed by atoms with Crippen LogP contribution in [0.3, 0.4) is 0 Å². The summed E-state index contributed by atoms with van der Waals surface area (Å²) in [6, 6.07) is 8.22. The van der Waals surface area contributed by atoms with Crippen molar-refractivity contribution in [1.29, 1.82) is 0 Å². The van der Waals surface area contributed by atoms with Crippen molar-refractivity contribution in [2.75, 3.05) is 0 Å². The van der Waals surface area contributed by atoms with Crippen LogP contribution in [0.15, 0.2) is 34.8 Å². The Morgan fingerprint density at radius 3 is 2.65 bits per heavy atom. The van der Waals surface area contributed by atoms with Crippen molar-refractivity contribution in [2.24, 2.45) is 0 Å². The normalized spacial score (nSPS) is 11.2. The van der Waals surface area contributed by atoms with E-state index in [0.29, 0.717) is 20.8 Å². The second-order valence-electron chi connectivity index (χ2n) is 4.14. The topological polar surface area (TPSA) is 20.7 Å². The average Bonchev–Trinajstić information content (AvgIpc) is 2.66. The van der Waals surface area contributed by atoms with Crippen LogP contribution in [-0.4, -0.2) is 9.55 Å². The minimum absolute atomic E-state index is 0.0466. The summed E-state index contributed by atoms with van der Waals surface area (Å²) < 4.78 is 16.5. The number of fused-ring (bicyclic) bond motifs is 1. The van der Waals surface area contributed by atoms with E-state index in [4.69, 9.17) is 35.4 Å². The minimum atomic E-state index is -0.488. The standard InChI is InChI=1S/C13H6BrCl2FN2S/c14-7-3-6(15)1-2-11(7)19-12-4-8(16)9(17)5-10(12)18-13(19)20/h1-5H,(H,18,20). The SMILES string of the molecule is Fc1cc2[nH]c(=S)n(-c3ccc(Cl)cc3Br)c2cc1Cl. The number of hydrogen-bond donors (Lipinski definition) is 1. The predicted octanol–water partition coefficient (Wildman–Crippen LogP) is 5.90. The van der Waals surface area contributed by atoms with Crippen molar-refractivity contribution in [3.05, 3.63) is 55.4 Å². The molecule has 2 aromatic carbocycles. The van der Waals surface area contributed by atoms with Crippen LogP contribution in [0.1, 0.15) is 0 Å². The number of hydrogen-bond acceptors (Lipinski definition) is 1. The van der Waals surface area contributed by atoms with Crippen LogP contribution in [0.5, 0.6) is 0 Å². The maximum atomic E-state index is 13.5. The second-order valence-corrected chi connectivity index (χ2v) is 6.23. The van der Waals surface area contributed by atoms with Gasteiger partial charge in [0.1, 0.15) is 5.82 Å². The lowest BCUT2D eigenvalue weighted by Crippen LogP contribution is -1.95. The molecule has 20 heavy (non-hydrogen) atoms. The van der Waals surface area contributed by atoms with E-state index in [1.807, 2.05) is 6.07 Å². The Morgan fingerprint density at radius 1 is 1.20 bits per heavy atom. The molecule has 0 aliphatic rings. The first-order valence-electron chi connectivity index (χ1n) is 5.52. The molecule has 0 bridgehead atoms. The third-order valence-corrected chi connectivity index (χ3v) is 4.32. The fourth-order valence-electron chi connectivity index (χ4n) is 2.00. The molecule has 102 valence electrons. The Bertz CT molecular complexity index is 888. The number of aromatic amines is 1. The minimum Gasteiger partial charge on any atom is -0.330 e. The lowest BCUT2D eigenvalue weighted by Gasteiger charge is -2.08. The molecule has 0 spiro atoms. The molecular formula is C13H6BrCl2FN2S. The molecule has 0 aliphatic carbocycles. The van der Waals surface area contributed by atoms with Crippen LogP contribution in [-0.2, 0) is 0 Å². The molecule has 2 nitrogen and oxygen atoms in total. The van der Waals surface area contributed by atoms with E-state index in [1.54, 1.807) is 22.8 Å². The van der Waals surface area contributed by atoms with E-state index in [2.05, 4.69) is 20.9 Å². The lowest BCUT2D eigenvalue weighted by molar-refractivity contribution is 0.630. The van der Waals surface area contributed by atoms with E-state index in [-0.39, 0.29) is 5.02 Å². The van der Waals surface area contributed by atoms with E-state index in [9.17, 15) is 4.39 Å². The highest BCUT2D eigenvalue weighted by atomic mass is 79.9. The quantitative estimate of drug-likeness (QED) is 0.512. The Hall–Kier alpha value is -0.880. The summed E-state index contributed by atoms with van der Waals surface area (Å²) in [7, 11) is 0. The van der Waals surface area contributed by atoms with Crippen molar-refractivity contribution in [3.8, 4) is 5.69 Å². The molecule has 0 aliphatic heterocycles. The van der Waals surface area contributed by atoms with Gasteiger partial charge in [0.25, 0.3) is 0 Å². The third kappa shape index (κ3) is 2.29. The number of nitrogens with zero attached hydrogens (tertiary/aromatic N) is 1. The van der Waals surface area contributed by atoms with E-state index < -0.39 is 5.82 Å². The van der Waals surface area contributed by atoms with Gasteiger partial charge < -0.3 is 4.98 Å². The van der Waals surface area contributed by atoms with Gasteiger partial charge in [0.05, 0.1) is 21.7 Å². The maximum absolute atomic E-state index is 13.5. The molecule has 7 heteroatoms. The Balaban J connectivity index is 2.39. The number of halogens is 4. The molecule has 1 N–H and O–H groups in total. The first-order chi connectivity index (χ1) is 9.47. The Kier molecular flexibility index (Phi) is 3.62. The fourth-order valence-corrected chi connectivity index (χ4v) is 3.33. The van der Waals surface area contributed by atoms with Crippen LogP contribution in [0.2, 0.25) is 10.0 Å². The van der Waals surface area contributed by atoms with Gasteiger partial charge in [-0.25, -0.2) is 4.39 Å². The maximum Gasteiger partial charge on any atom is 0.182 e. The summed E-state index contributed by atoms with van der Waals surface area (Å²) in [6.45, 7) is 0. The van der Waals surface area contributed by atoms with Gasteiger partial charge in [-0.1, -0.05) is 23.2 Å². The lowest BCUT2D eigenvalue weighted by atomic mass is 10.2. The van der Waals surface area contributed by atoms with Gasteiger partial charge in [-0.2, -0.15) is 0 Å². The number of imidazole rings is 1. The van der Waals surface area contributed by atoms with Crippen LogP contribution < -0.4 is 0 Å². The van der Waals surface area contributed by atoms with E-state index in [1.165, 1.54) is 6.07 Å². The first-order valence-corrected chi connectivity index (χ1v) is 7.48. The van der Waals surface area contributed by atoms with Gasteiger partial charge in [-0.05, 0) is 52.4 Å². The summed E-state index contributed by atoms with van der Waals surface area (Å²) in [5.74, 6) is -0.488. The molecule has 0 saturated carbocycles. The summed E-state index contributed by atoms with van der Waals surface area (Å²) >= 11 is 20.5. The van der Waals surface area contributed by atoms with E-state index >= 15 is 0 Å². The van der Waals surface area contributed by atoms with Gasteiger partial charge in [-0.3, -0.25) is 4.57 Å². The molecule has 0 saturated heterocycles. The van der Waals surface area contributed by atoms with Crippen LogP contribution in [0.4, 0.5) is 4.39 Å². The van der Waals surface area contributed by atoms with Crippen molar-refractivity contribution in [2.45, 2.75) is 0 Å². The molecule has 1 aromatic heterocycles. The van der Waals surface area contributed by atoms with E-state index in [0.717, 1.165) is 10.2 Å². The van der Waals surface area contributed by atoms with Crippen LogP contribution in [0.25, 0.3) is 16.7 Å². The molecule has 0 amide bonds. The predicted molar refractivity (Wildman–Crippen MR) is 86.1 cm³/mol. The van der Waals surface area contributed by atoms with Crippen LogP contribution in [0, 0.1) is 10.6 Å². The molecule has 0 atom stereocenters. The molecule has 1 heterocycles. The zero-order chi connectivity index (χ0) is 14.4. The summed E-state index contributed by atoms with van der Waals surface area (Å²) in [5.41, 5.74) is 2.08. The van der Waals surface area contributed by atoms with Crippen molar-refractivity contribution in [1.82, 2.24) is 9.55 Å². The summed E-state index contributed by atoms with van der Waals surface area (Å²) in [4.78, 5) is 2.96. The summed E-state index contributed by atoms with van der Waals surface area (Å²) in [6.07, 6.45) is 0. The monoisotopic (exact) mass is 390 g/mol. The van der Waals surface area contributed by atoms with Crippen molar-refractivity contribution < 1.29 is 4.39 Å². The average molecular weight is 392 g/mol. The Morgan fingerprint density at radius 2 is 1.95 bits per heavy atom. The molecule has 0 fully saturated rings. The Labute approximate surface area is 137 Å². The smallest absolute Gasteiger partial charge is 0.182 e. The number of nitrogens with one attached hydrogen (secondary N) is 1. The number of aromatic nitrogens is 2. The highest BCUT2D eigenvalue weighted by Gasteiger charge is 2.12. The summed E-state index contributed by atoms with van der Waals surface area (Å²) in [5, 5.41) is 0.654. The molecule has 0 unspecified atom stereocenters. The van der Waals surface area contributed by atoms with Gasteiger partial charge in [-0.15, -0.1) is 0 Å². The van der Waals surface area contributed by atoms with Gasteiger partial charge >= 0.3 is 0 Å². The molecule has 3 rings (SSSR count). The number of H-pyrrole nitrogens is 1. The highest BCUT2D eigenvalue weighted by molar-refractivity contribution is 9.10. The van der Waals surface area contributed by atoms with Crippen molar-refractivity contribution in [3.63, 3.8) is 0 Å². The zero-order valence-corrected chi connectivity index (χ0v) is 13.7. The third-order valence-electron chi connectivity index (χ3n) is 2.87. The molecule has 3 aromatic rings. The van der Waals surface area contributed by atoms with Gasteiger partial charge in [0.2, 0.25) is 0 Å².